The van der Waals surface area contributed by atoms with E-state index in [4.69, 9.17) is 5.73 Å². The SMILES string of the molecule is Cc1cccc(NC(=O)CN2CCN(C(=O)[C@@H](C)N)CC2)c1C. The van der Waals surface area contributed by atoms with E-state index in [9.17, 15) is 9.59 Å². The summed E-state index contributed by atoms with van der Waals surface area (Å²) >= 11 is 0. The monoisotopic (exact) mass is 318 g/mol. The first-order chi connectivity index (χ1) is 10.9. The van der Waals surface area contributed by atoms with Gasteiger partial charge in [0.15, 0.2) is 0 Å². The van der Waals surface area contributed by atoms with E-state index in [2.05, 4.69) is 10.2 Å². The Labute approximate surface area is 137 Å². The summed E-state index contributed by atoms with van der Waals surface area (Å²) in [5.41, 5.74) is 8.74. The van der Waals surface area contributed by atoms with Gasteiger partial charge in [-0.1, -0.05) is 12.1 Å². The third-order valence-corrected chi connectivity index (χ3v) is 4.32. The van der Waals surface area contributed by atoms with Crippen LogP contribution in [0.4, 0.5) is 5.69 Å². The van der Waals surface area contributed by atoms with Crippen LogP contribution in [0.1, 0.15) is 18.1 Å². The zero-order chi connectivity index (χ0) is 17.0. The summed E-state index contributed by atoms with van der Waals surface area (Å²) in [5, 5.41) is 2.97. The van der Waals surface area contributed by atoms with Gasteiger partial charge in [-0.15, -0.1) is 0 Å². The number of amides is 2. The van der Waals surface area contributed by atoms with E-state index in [1.807, 2.05) is 32.0 Å². The number of rotatable bonds is 4. The Bertz CT molecular complexity index is 578. The van der Waals surface area contributed by atoms with Crippen molar-refractivity contribution in [2.45, 2.75) is 26.8 Å². The van der Waals surface area contributed by atoms with Gasteiger partial charge in [-0.2, -0.15) is 0 Å². The van der Waals surface area contributed by atoms with Crippen molar-refractivity contribution in [3.8, 4) is 0 Å². The number of piperazine rings is 1. The van der Waals surface area contributed by atoms with Gasteiger partial charge in [-0.3, -0.25) is 14.5 Å². The number of carbonyl (C=O) groups excluding carboxylic acids is 2. The molecule has 6 heteroatoms. The summed E-state index contributed by atoms with van der Waals surface area (Å²) in [6.07, 6.45) is 0. The summed E-state index contributed by atoms with van der Waals surface area (Å²) in [5.74, 6) is -0.0462. The van der Waals surface area contributed by atoms with Gasteiger partial charge < -0.3 is 16.0 Å². The molecular formula is C17H26N4O2. The fourth-order valence-corrected chi connectivity index (χ4v) is 2.69. The molecule has 0 aromatic heterocycles. The number of anilines is 1. The number of carbonyl (C=O) groups is 2. The minimum Gasteiger partial charge on any atom is -0.339 e. The van der Waals surface area contributed by atoms with Crippen LogP contribution in [0.5, 0.6) is 0 Å². The second-order valence-electron chi connectivity index (χ2n) is 6.19. The van der Waals surface area contributed by atoms with Crippen LogP contribution in [0.25, 0.3) is 0 Å². The van der Waals surface area contributed by atoms with Crippen molar-refractivity contribution in [3.63, 3.8) is 0 Å². The van der Waals surface area contributed by atoms with E-state index in [1.165, 1.54) is 0 Å². The number of nitrogens with zero attached hydrogens (tertiary/aromatic N) is 2. The molecular weight excluding hydrogens is 292 g/mol. The third-order valence-electron chi connectivity index (χ3n) is 4.32. The van der Waals surface area contributed by atoms with Gasteiger partial charge >= 0.3 is 0 Å². The molecule has 0 radical (unpaired) electrons. The normalized spacial score (nSPS) is 17.0. The van der Waals surface area contributed by atoms with Crippen LogP contribution in [0.2, 0.25) is 0 Å². The van der Waals surface area contributed by atoms with E-state index >= 15 is 0 Å². The number of benzene rings is 1. The van der Waals surface area contributed by atoms with Crippen molar-refractivity contribution in [1.82, 2.24) is 9.80 Å². The maximum atomic E-state index is 12.2. The highest BCUT2D eigenvalue weighted by Crippen LogP contribution is 2.17. The molecule has 126 valence electrons. The van der Waals surface area contributed by atoms with E-state index in [0.29, 0.717) is 32.7 Å². The molecule has 6 nitrogen and oxygen atoms in total. The summed E-state index contributed by atoms with van der Waals surface area (Å²) in [4.78, 5) is 27.9. The first-order valence-corrected chi connectivity index (χ1v) is 8.01. The number of hydrogen-bond donors (Lipinski definition) is 2. The second kappa shape index (κ2) is 7.57. The van der Waals surface area contributed by atoms with Crippen molar-refractivity contribution in [1.29, 1.82) is 0 Å². The number of hydrogen-bond acceptors (Lipinski definition) is 4. The molecule has 0 unspecified atom stereocenters. The van der Waals surface area contributed by atoms with Crippen molar-refractivity contribution < 1.29 is 9.59 Å². The molecule has 0 bridgehead atoms. The molecule has 0 saturated carbocycles. The van der Waals surface area contributed by atoms with E-state index in [1.54, 1.807) is 11.8 Å². The zero-order valence-electron chi connectivity index (χ0n) is 14.1. The van der Waals surface area contributed by atoms with Gasteiger partial charge in [-0.25, -0.2) is 0 Å². The van der Waals surface area contributed by atoms with Crippen molar-refractivity contribution in [3.05, 3.63) is 29.3 Å². The highest BCUT2D eigenvalue weighted by molar-refractivity contribution is 5.93. The minimum absolute atomic E-state index is 0.0225. The summed E-state index contributed by atoms with van der Waals surface area (Å²) in [6.45, 7) is 8.70. The molecule has 1 heterocycles. The Morgan fingerprint density at radius 1 is 1.22 bits per heavy atom. The minimum atomic E-state index is -0.464. The van der Waals surface area contributed by atoms with Gasteiger partial charge in [0.25, 0.3) is 0 Å². The summed E-state index contributed by atoms with van der Waals surface area (Å²) in [7, 11) is 0. The van der Waals surface area contributed by atoms with Gasteiger partial charge in [0.1, 0.15) is 0 Å². The topological polar surface area (TPSA) is 78.7 Å². The molecule has 1 saturated heterocycles. The smallest absolute Gasteiger partial charge is 0.239 e. The van der Waals surface area contributed by atoms with Crippen LogP contribution in [0.15, 0.2) is 18.2 Å². The molecule has 3 N–H and O–H groups in total. The van der Waals surface area contributed by atoms with Crippen molar-refractivity contribution >= 4 is 17.5 Å². The second-order valence-corrected chi connectivity index (χ2v) is 6.19. The average Bonchev–Trinajstić information content (AvgIpc) is 2.52. The van der Waals surface area contributed by atoms with Crippen LogP contribution < -0.4 is 11.1 Å². The third kappa shape index (κ3) is 4.53. The van der Waals surface area contributed by atoms with Crippen molar-refractivity contribution in [2.24, 2.45) is 5.73 Å². The lowest BCUT2D eigenvalue weighted by molar-refractivity contribution is -0.134. The Hall–Kier alpha value is -1.92. The molecule has 23 heavy (non-hydrogen) atoms. The Morgan fingerprint density at radius 3 is 2.48 bits per heavy atom. The first-order valence-electron chi connectivity index (χ1n) is 8.01. The quantitative estimate of drug-likeness (QED) is 0.858. The van der Waals surface area contributed by atoms with Crippen LogP contribution >= 0.6 is 0 Å². The predicted octanol–water partition coefficient (Wildman–Crippen LogP) is 0.733. The van der Waals surface area contributed by atoms with Gasteiger partial charge in [0.05, 0.1) is 12.6 Å². The molecule has 0 aliphatic carbocycles. The zero-order valence-corrected chi connectivity index (χ0v) is 14.1. The molecule has 1 aliphatic heterocycles. The van der Waals surface area contributed by atoms with Crippen LogP contribution in [0, 0.1) is 13.8 Å². The fourth-order valence-electron chi connectivity index (χ4n) is 2.69. The maximum Gasteiger partial charge on any atom is 0.239 e. The highest BCUT2D eigenvalue weighted by Gasteiger charge is 2.24. The lowest BCUT2D eigenvalue weighted by Crippen LogP contribution is -2.53. The molecule has 0 spiro atoms. The standard InChI is InChI=1S/C17H26N4O2/c1-12-5-4-6-15(13(12)2)19-16(22)11-20-7-9-21(10-8-20)17(23)14(3)18/h4-6,14H,7-11,18H2,1-3H3,(H,19,22)/t14-/m1/s1. The maximum absolute atomic E-state index is 12.2. The lowest BCUT2D eigenvalue weighted by Gasteiger charge is -2.35. The van der Waals surface area contributed by atoms with Gasteiger partial charge in [0.2, 0.25) is 11.8 Å². The van der Waals surface area contributed by atoms with Crippen LogP contribution in [-0.4, -0.2) is 60.4 Å². The van der Waals surface area contributed by atoms with Crippen LogP contribution in [-0.2, 0) is 9.59 Å². The predicted molar refractivity (Wildman–Crippen MR) is 91.2 cm³/mol. The Balaban J connectivity index is 1.83. The highest BCUT2D eigenvalue weighted by atomic mass is 16.2. The first kappa shape index (κ1) is 17.4. The van der Waals surface area contributed by atoms with E-state index < -0.39 is 6.04 Å². The molecule has 2 amide bonds. The average molecular weight is 318 g/mol. The molecule has 1 fully saturated rings. The fraction of sp³-hybridized carbons (Fsp3) is 0.529. The summed E-state index contributed by atoms with van der Waals surface area (Å²) < 4.78 is 0. The number of aryl methyl sites for hydroxylation is 1. The van der Waals surface area contributed by atoms with Crippen LogP contribution in [0.3, 0.4) is 0 Å². The molecule has 1 aliphatic rings. The number of nitrogens with two attached hydrogens (primary N) is 1. The molecule has 2 rings (SSSR count). The van der Waals surface area contributed by atoms with Gasteiger partial charge in [0, 0.05) is 31.9 Å². The van der Waals surface area contributed by atoms with Gasteiger partial charge in [-0.05, 0) is 38.0 Å². The Kier molecular flexibility index (Phi) is 5.74. The molecule has 1 aromatic rings. The molecule has 1 atom stereocenters. The largest absolute Gasteiger partial charge is 0.339 e. The van der Waals surface area contributed by atoms with E-state index in [-0.39, 0.29) is 11.8 Å². The van der Waals surface area contributed by atoms with E-state index in [0.717, 1.165) is 16.8 Å². The molecule has 1 aromatic carbocycles. The van der Waals surface area contributed by atoms with Crippen molar-refractivity contribution in [2.75, 3.05) is 38.0 Å². The summed E-state index contributed by atoms with van der Waals surface area (Å²) in [6, 6.07) is 5.42. The lowest BCUT2D eigenvalue weighted by atomic mass is 10.1. The number of nitrogens with one attached hydrogen (secondary N) is 1. The Morgan fingerprint density at radius 2 is 1.87 bits per heavy atom.